The summed E-state index contributed by atoms with van der Waals surface area (Å²) in [7, 11) is 0. The fraction of sp³-hybridized carbons (Fsp3) is 0.364. The van der Waals surface area contributed by atoms with Gasteiger partial charge in [0.1, 0.15) is 0 Å². The number of nitrogens with zero attached hydrogens (tertiary/aromatic N) is 4. The number of thioether (sulfide) groups is 1. The molecule has 2 heterocycles. The van der Waals surface area contributed by atoms with Crippen molar-refractivity contribution in [2.24, 2.45) is 0 Å². The van der Waals surface area contributed by atoms with E-state index in [1.807, 2.05) is 28.4 Å². The van der Waals surface area contributed by atoms with Crippen LogP contribution < -0.4 is 0 Å². The van der Waals surface area contributed by atoms with Crippen molar-refractivity contribution in [3.05, 3.63) is 30.4 Å². The van der Waals surface area contributed by atoms with Crippen LogP contribution in [-0.4, -0.2) is 36.2 Å². The number of imidazole rings is 1. The first-order chi connectivity index (χ1) is 8.66. The molecular formula is C11H14N4O2S. The zero-order valence-electron chi connectivity index (χ0n) is 9.98. The minimum Gasteiger partial charge on any atom is -0.481 e. The summed E-state index contributed by atoms with van der Waals surface area (Å²) in [6.45, 7) is 3.43. The smallest absolute Gasteiger partial charge is 0.313 e. The van der Waals surface area contributed by atoms with Crippen molar-refractivity contribution in [2.45, 2.75) is 25.2 Å². The maximum absolute atomic E-state index is 10.6. The molecule has 0 saturated carbocycles. The summed E-state index contributed by atoms with van der Waals surface area (Å²) >= 11 is 1.24. The lowest BCUT2D eigenvalue weighted by atomic mass is 10.5. The summed E-state index contributed by atoms with van der Waals surface area (Å²) < 4.78 is 3.85. The van der Waals surface area contributed by atoms with Gasteiger partial charge in [-0.2, -0.15) is 5.10 Å². The Balaban J connectivity index is 2.02. The largest absolute Gasteiger partial charge is 0.481 e. The number of carboxylic acid groups (broad SMARTS) is 1. The number of aliphatic carboxylic acids is 1. The zero-order chi connectivity index (χ0) is 13.0. The maximum Gasteiger partial charge on any atom is 0.313 e. The van der Waals surface area contributed by atoms with Crippen LogP contribution in [0.3, 0.4) is 0 Å². The van der Waals surface area contributed by atoms with Gasteiger partial charge in [-0.3, -0.25) is 9.48 Å². The van der Waals surface area contributed by atoms with Crippen LogP contribution in [0.1, 0.15) is 5.69 Å². The van der Waals surface area contributed by atoms with Gasteiger partial charge in [0.2, 0.25) is 0 Å². The first-order valence-corrected chi connectivity index (χ1v) is 6.49. The topological polar surface area (TPSA) is 72.9 Å². The van der Waals surface area contributed by atoms with E-state index in [0.29, 0.717) is 0 Å². The van der Waals surface area contributed by atoms with Crippen LogP contribution in [0.2, 0.25) is 0 Å². The Morgan fingerprint density at radius 1 is 1.50 bits per heavy atom. The number of hydrogen-bond donors (Lipinski definition) is 1. The molecule has 1 N–H and O–H groups in total. The third-order valence-corrected chi connectivity index (χ3v) is 3.43. The third-order valence-electron chi connectivity index (χ3n) is 2.46. The van der Waals surface area contributed by atoms with Gasteiger partial charge in [-0.25, -0.2) is 4.98 Å². The molecule has 0 radical (unpaired) electrons. The van der Waals surface area contributed by atoms with Crippen LogP contribution in [0.25, 0.3) is 0 Å². The number of aryl methyl sites for hydroxylation is 2. The molecule has 0 atom stereocenters. The highest BCUT2D eigenvalue weighted by molar-refractivity contribution is 7.99. The number of hydrogen-bond acceptors (Lipinski definition) is 4. The normalized spacial score (nSPS) is 10.7. The molecule has 0 unspecified atom stereocenters. The van der Waals surface area contributed by atoms with E-state index in [2.05, 4.69) is 10.1 Å². The molecule has 0 amide bonds. The monoisotopic (exact) mass is 266 g/mol. The lowest BCUT2D eigenvalue weighted by Crippen LogP contribution is -2.10. The highest BCUT2D eigenvalue weighted by Gasteiger charge is 2.09. The Morgan fingerprint density at radius 3 is 3.00 bits per heavy atom. The van der Waals surface area contributed by atoms with Gasteiger partial charge in [0.25, 0.3) is 0 Å². The second-order valence-corrected chi connectivity index (χ2v) is 4.73. The average molecular weight is 266 g/mol. The average Bonchev–Trinajstić information content (AvgIpc) is 2.94. The molecule has 0 aromatic carbocycles. The lowest BCUT2D eigenvalue weighted by molar-refractivity contribution is -0.133. The summed E-state index contributed by atoms with van der Waals surface area (Å²) in [4.78, 5) is 14.8. The van der Waals surface area contributed by atoms with E-state index in [-0.39, 0.29) is 5.75 Å². The van der Waals surface area contributed by atoms with Gasteiger partial charge in [0.15, 0.2) is 5.16 Å². The predicted octanol–water partition coefficient (Wildman–Crippen LogP) is 1.26. The van der Waals surface area contributed by atoms with E-state index in [1.54, 1.807) is 12.4 Å². The fourth-order valence-electron chi connectivity index (χ4n) is 1.59. The summed E-state index contributed by atoms with van der Waals surface area (Å²) in [6, 6.07) is 1.88. The first-order valence-electron chi connectivity index (χ1n) is 5.51. The van der Waals surface area contributed by atoms with Crippen molar-refractivity contribution in [3.8, 4) is 0 Å². The van der Waals surface area contributed by atoms with E-state index in [0.717, 1.165) is 23.9 Å². The molecule has 0 aliphatic heterocycles. The van der Waals surface area contributed by atoms with Crippen molar-refractivity contribution in [1.29, 1.82) is 0 Å². The Morgan fingerprint density at radius 2 is 2.33 bits per heavy atom. The van der Waals surface area contributed by atoms with Crippen molar-refractivity contribution < 1.29 is 9.90 Å². The van der Waals surface area contributed by atoms with Crippen molar-refractivity contribution >= 4 is 17.7 Å². The zero-order valence-corrected chi connectivity index (χ0v) is 10.8. The lowest BCUT2D eigenvalue weighted by Gasteiger charge is -2.09. The fourth-order valence-corrected chi connectivity index (χ4v) is 2.36. The molecule has 96 valence electrons. The number of carbonyl (C=O) groups is 1. The molecule has 0 bridgehead atoms. The first kappa shape index (κ1) is 12.7. The highest BCUT2D eigenvalue weighted by Crippen LogP contribution is 2.18. The molecule has 0 saturated heterocycles. The Hall–Kier alpha value is -1.76. The van der Waals surface area contributed by atoms with E-state index in [4.69, 9.17) is 5.11 Å². The van der Waals surface area contributed by atoms with Gasteiger partial charge in [-0.15, -0.1) is 0 Å². The summed E-state index contributed by atoms with van der Waals surface area (Å²) in [6.07, 6.45) is 5.39. The maximum atomic E-state index is 10.6. The molecule has 0 spiro atoms. The molecule has 7 heteroatoms. The molecule has 0 aliphatic carbocycles. The number of rotatable bonds is 6. The molecule has 2 aromatic rings. The minimum atomic E-state index is -0.834. The molecule has 6 nitrogen and oxygen atoms in total. The number of carboxylic acids is 1. The highest BCUT2D eigenvalue weighted by atomic mass is 32.2. The van der Waals surface area contributed by atoms with Gasteiger partial charge in [-0.05, 0) is 13.0 Å². The predicted molar refractivity (Wildman–Crippen MR) is 67.6 cm³/mol. The van der Waals surface area contributed by atoms with Crippen molar-refractivity contribution in [2.75, 3.05) is 5.75 Å². The van der Waals surface area contributed by atoms with Crippen LogP contribution in [0, 0.1) is 6.92 Å². The molecule has 2 rings (SSSR count). The van der Waals surface area contributed by atoms with E-state index < -0.39 is 5.97 Å². The standard InChI is InChI=1S/C11H14N4O2S/c1-9-7-12-11(18-8-10(16)17)15(9)6-5-14-4-2-3-13-14/h2-4,7H,5-6,8H2,1H3,(H,16,17). The quantitative estimate of drug-likeness (QED) is 0.797. The second-order valence-electron chi connectivity index (χ2n) is 3.79. The second kappa shape index (κ2) is 5.72. The number of aromatic nitrogens is 4. The molecule has 2 aromatic heterocycles. The molecular weight excluding hydrogens is 252 g/mol. The van der Waals surface area contributed by atoms with Crippen LogP contribution in [0.15, 0.2) is 29.8 Å². The molecule has 0 fully saturated rings. The van der Waals surface area contributed by atoms with Crippen LogP contribution in [-0.2, 0) is 17.9 Å². The summed E-state index contributed by atoms with van der Waals surface area (Å²) in [5, 5.41) is 13.5. The molecule has 0 aliphatic rings. The van der Waals surface area contributed by atoms with Gasteiger partial charge in [0, 0.05) is 30.8 Å². The van der Waals surface area contributed by atoms with E-state index in [1.165, 1.54) is 11.8 Å². The van der Waals surface area contributed by atoms with E-state index in [9.17, 15) is 4.79 Å². The van der Waals surface area contributed by atoms with Gasteiger partial charge >= 0.3 is 5.97 Å². The van der Waals surface area contributed by atoms with Crippen LogP contribution >= 0.6 is 11.8 Å². The van der Waals surface area contributed by atoms with E-state index >= 15 is 0 Å². The van der Waals surface area contributed by atoms with Crippen molar-refractivity contribution in [3.63, 3.8) is 0 Å². The van der Waals surface area contributed by atoms with Gasteiger partial charge < -0.3 is 9.67 Å². The Bertz CT molecular complexity index is 521. The van der Waals surface area contributed by atoms with Gasteiger partial charge in [0.05, 0.1) is 12.3 Å². The summed E-state index contributed by atoms with van der Waals surface area (Å²) in [5.74, 6) is -0.808. The Kier molecular flexibility index (Phi) is 4.03. The van der Waals surface area contributed by atoms with Gasteiger partial charge in [-0.1, -0.05) is 11.8 Å². The van der Waals surface area contributed by atoms with Crippen molar-refractivity contribution in [1.82, 2.24) is 19.3 Å². The third kappa shape index (κ3) is 3.13. The Labute approximate surface area is 109 Å². The molecule has 18 heavy (non-hydrogen) atoms. The van der Waals surface area contributed by atoms with Crippen LogP contribution in [0.5, 0.6) is 0 Å². The summed E-state index contributed by atoms with van der Waals surface area (Å²) in [5.41, 5.74) is 1.02. The van der Waals surface area contributed by atoms with Crippen LogP contribution in [0.4, 0.5) is 0 Å². The SMILES string of the molecule is Cc1cnc(SCC(=O)O)n1CCn1cccn1. The minimum absolute atomic E-state index is 0.0260.